The smallest absolute Gasteiger partial charge is 0.0331 e. The van der Waals surface area contributed by atoms with Crippen molar-refractivity contribution in [3.8, 4) is 0 Å². The van der Waals surface area contributed by atoms with Gasteiger partial charge in [0.2, 0.25) is 0 Å². The Morgan fingerprint density at radius 2 is 2.15 bits per heavy atom. The Labute approximate surface area is 138 Å². The number of hydrogen-bond donors (Lipinski definition) is 1. The molecule has 20 heavy (non-hydrogen) atoms. The Morgan fingerprint density at radius 1 is 1.30 bits per heavy atom. The van der Waals surface area contributed by atoms with Crippen molar-refractivity contribution >= 4 is 38.6 Å². The monoisotopic (exact) mass is 372 g/mol. The lowest BCUT2D eigenvalue weighted by atomic mass is 10.3. The predicted octanol–water partition coefficient (Wildman–Crippen LogP) is 4.57. The third kappa shape index (κ3) is 5.30. The summed E-state index contributed by atoms with van der Waals surface area (Å²) in [5.74, 6) is 0. The van der Waals surface area contributed by atoms with Gasteiger partial charge in [-0.3, -0.25) is 4.90 Å². The molecule has 0 fully saturated rings. The molecule has 2 aromatic heterocycles. The zero-order valence-corrected chi connectivity index (χ0v) is 15.2. The van der Waals surface area contributed by atoms with E-state index in [9.17, 15) is 0 Å². The zero-order chi connectivity index (χ0) is 14.4. The van der Waals surface area contributed by atoms with Crippen molar-refractivity contribution in [2.24, 2.45) is 0 Å². The predicted molar refractivity (Wildman–Crippen MR) is 93.6 cm³/mol. The summed E-state index contributed by atoms with van der Waals surface area (Å²) in [4.78, 5) is 5.34. The van der Waals surface area contributed by atoms with Crippen molar-refractivity contribution in [3.05, 3.63) is 43.2 Å². The number of hydrogen-bond acceptors (Lipinski definition) is 4. The second-order valence-corrected chi connectivity index (χ2v) is 8.00. The third-order valence-corrected chi connectivity index (χ3v) is 5.72. The molecule has 0 aliphatic heterocycles. The van der Waals surface area contributed by atoms with E-state index in [0.29, 0.717) is 6.04 Å². The Morgan fingerprint density at radius 3 is 2.75 bits per heavy atom. The maximum atomic E-state index is 3.53. The molecule has 0 saturated carbocycles. The largest absolute Gasteiger partial charge is 0.311 e. The quantitative estimate of drug-likeness (QED) is 0.682. The van der Waals surface area contributed by atoms with E-state index in [-0.39, 0.29) is 0 Å². The molecule has 0 saturated heterocycles. The maximum absolute atomic E-state index is 3.53. The van der Waals surface area contributed by atoms with E-state index in [2.05, 4.69) is 69.0 Å². The van der Waals surface area contributed by atoms with Crippen LogP contribution >= 0.6 is 38.6 Å². The fraction of sp³-hybridized carbons (Fsp3) is 0.467. The third-order valence-electron chi connectivity index (χ3n) is 3.17. The first kappa shape index (κ1) is 16.2. The molecule has 2 nitrogen and oxygen atoms in total. The molecule has 0 aromatic carbocycles. The minimum atomic E-state index is 0.579. The van der Waals surface area contributed by atoms with Crippen LogP contribution in [0.5, 0.6) is 0 Å². The molecule has 2 heterocycles. The summed E-state index contributed by atoms with van der Waals surface area (Å²) < 4.78 is 1.18. The first-order chi connectivity index (χ1) is 9.65. The lowest BCUT2D eigenvalue weighted by Crippen LogP contribution is -2.36. The number of nitrogens with zero attached hydrogens (tertiary/aromatic N) is 1. The van der Waals surface area contributed by atoms with Crippen LogP contribution in [0.2, 0.25) is 0 Å². The van der Waals surface area contributed by atoms with E-state index >= 15 is 0 Å². The topological polar surface area (TPSA) is 15.3 Å². The number of thiophene rings is 2. The van der Waals surface area contributed by atoms with Crippen molar-refractivity contribution in [2.75, 3.05) is 13.1 Å². The van der Waals surface area contributed by atoms with Gasteiger partial charge in [0.05, 0.1) is 0 Å². The molecule has 1 N–H and O–H groups in total. The van der Waals surface area contributed by atoms with Gasteiger partial charge < -0.3 is 5.32 Å². The van der Waals surface area contributed by atoms with Crippen LogP contribution in [0.15, 0.2) is 33.4 Å². The first-order valence-corrected chi connectivity index (χ1v) is 9.40. The van der Waals surface area contributed by atoms with Crippen molar-refractivity contribution in [1.29, 1.82) is 0 Å². The standard InChI is InChI=1S/C15H21BrN2S2/c1-12(2)18(10-14-4-3-7-19-14)6-5-17-9-15-8-13(16)11-20-15/h3-4,7-8,11-12,17H,5-6,9-10H2,1-2H3. The van der Waals surface area contributed by atoms with Crippen LogP contribution in [-0.2, 0) is 13.1 Å². The Bertz CT molecular complexity index is 494. The highest BCUT2D eigenvalue weighted by molar-refractivity contribution is 9.10. The van der Waals surface area contributed by atoms with Gasteiger partial charge in [-0.15, -0.1) is 22.7 Å². The van der Waals surface area contributed by atoms with Crippen LogP contribution in [0, 0.1) is 0 Å². The van der Waals surface area contributed by atoms with Gasteiger partial charge in [0.15, 0.2) is 0 Å². The van der Waals surface area contributed by atoms with Gasteiger partial charge >= 0.3 is 0 Å². The van der Waals surface area contributed by atoms with Crippen molar-refractivity contribution < 1.29 is 0 Å². The molecule has 0 amide bonds. The van der Waals surface area contributed by atoms with E-state index in [4.69, 9.17) is 0 Å². The highest BCUT2D eigenvalue weighted by Crippen LogP contribution is 2.19. The fourth-order valence-electron chi connectivity index (χ4n) is 2.00. The summed E-state index contributed by atoms with van der Waals surface area (Å²) in [5, 5.41) is 7.82. The molecular weight excluding hydrogens is 352 g/mol. The molecule has 2 aromatic rings. The Balaban J connectivity index is 1.72. The average molecular weight is 373 g/mol. The lowest BCUT2D eigenvalue weighted by Gasteiger charge is -2.26. The molecule has 5 heteroatoms. The van der Waals surface area contributed by atoms with Gasteiger partial charge in [0.25, 0.3) is 0 Å². The van der Waals surface area contributed by atoms with E-state index in [0.717, 1.165) is 26.2 Å². The second-order valence-electron chi connectivity index (χ2n) is 5.05. The molecule has 110 valence electrons. The van der Waals surface area contributed by atoms with E-state index < -0.39 is 0 Å². The lowest BCUT2D eigenvalue weighted by molar-refractivity contribution is 0.215. The fourth-order valence-corrected chi connectivity index (χ4v) is 4.15. The number of rotatable bonds is 8. The van der Waals surface area contributed by atoms with E-state index in [1.54, 1.807) is 11.3 Å². The van der Waals surface area contributed by atoms with Crippen LogP contribution < -0.4 is 5.32 Å². The van der Waals surface area contributed by atoms with E-state index in [1.807, 2.05) is 11.3 Å². The van der Waals surface area contributed by atoms with Crippen LogP contribution in [0.4, 0.5) is 0 Å². The highest BCUT2D eigenvalue weighted by Gasteiger charge is 2.10. The first-order valence-electron chi connectivity index (χ1n) is 6.85. The molecular formula is C15H21BrN2S2. The molecule has 0 aliphatic carbocycles. The number of nitrogens with one attached hydrogen (secondary N) is 1. The summed E-state index contributed by atoms with van der Waals surface area (Å²) in [6.07, 6.45) is 0. The van der Waals surface area contributed by atoms with Crippen LogP contribution in [0.1, 0.15) is 23.6 Å². The van der Waals surface area contributed by atoms with Crippen molar-refractivity contribution in [1.82, 2.24) is 10.2 Å². The van der Waals surface area contributed by atoms with E-state index in [1.165, 1.54) is 14.2 Å². The van der Waals surface area contributed by atoms with Crippen LogP contribution in [0.25, 0.3) is 0 Å². The summed E-state index contributed by atoms with van der Waals surface area (Å²) >= 11 is 7.13. The van der Waals surface area contributed by atoms with Crippen molar-refractivity contribution in [2.45, 2.75) is 33.0 Å². The highest BCUT2D eigenvalue weighted by atomic mass is 79.9. The summed E-state index contributed by atoms with van der Waals surface area (Å²) in [7, 11) is 0. The van der Waals surface area contributed by atoms with Crippen molar-refractivity contribution in [3.63, 3.8) is 0 Å². The average Bonchev–Trinajstić information content (AvgIpc) is 3.04. The molecule has 0 spiro atoms. The maximum Gasteiger partial charge on any atom is 0.0331 e. The molecule has 0 aliphatic rings. The van der Waals surface area contributed by atoms with Gasteiger partial charge in [0, 0.05) is 51.8 Å². The molecule has 0 atom stereocenters. The van der Waals surface area contributed by atoms with Gasteiger partial charge in [-0.05, 0) is 47.3 Å². The second kappa shape index (κ2) is 8.29. The SMILES string of the molecule is CC(C)N(CCNCc1cc(Br)cs1)Cc1cccs1. The summed E-state index contributed by atoms with van der Waals surface area (Å²) in [5.41, 5.74) is 0. The molecule has 0 bridgehead atoms. The minimum absolute atomic E-state index is 0.579. The zero-order valence-electron chi connectivity index (χ0n) is 11.9. The van der Waals surface area contributed by atoms with Gasteiger partial charge in [-0.2, -0.15) is 0 Å². The minimum Gasteiger partial charge on any atom is -0.311 e. The summed E-state index contributed by atoms with van der Waals surface area (Å²) in [6.45, 7) is 8.66. The Hall–Kier alpha value is -0.200. The molecule has 0 radical (unpaired) electrons. The van der Waals surface area contributed by atoms with Gasteiger partial charge in [-0.25, -0.2) is 0 Å². The van der Waals surface area contributed by atoms with Crippen LogP contribution in [-0.4, -0.2) is 24.0 Å². The number of halogens is 1. The Kier molecular flexibility index (Phi) is 6.71. The molecule has 0 unspecified atom stereocenters. The van der Waals surface area contributed by atoms with Gasteiger partial charge in [0.1, 0.15) is 0 Å². The molecule has 2 rings (SSSR count). The van der Waals surface area contributed by atoms with Crippen LogP contribution in [0.3, 0.4) is 0 Å². The normalized spacial score (nSPS) is 11.7. The van der Waals surface area contributed by atoms with Gasteiger partial charge in [-0.1, -0.05) is 6.07 Å². The summed E-state index contributed by atoms with van der Waals surface area (Å²) in [6, 6.07) is 7.11.